The number of piperidine rings is 1. The molecule has 0 aromatic carbocycles. The third kappa shape index (κ3) is 2.75. The van der Waals surface area contributed by atoms with Gasteiger partial charge in [0.15, 0.2) is 0 Å². The van der Waals surface area contributed by atoms with Gasteiger partial charge in [-0.2, -0.15) is 0 Å². The summed E-state index contributed by atoms with van der Waals surface area (Å²) in [5, 5.41) is 3.50. The first-order valence-corrected chi connectivity index (χ1v) is 7.97. The third-order valence-electron chi connectivity index (χ3n) is 5.80. The van der Waals surface area contributed by atoms with E-state index in [-0.39, 0.29) is 0 Å². The summed E-state index contributed by atoms with van der Waals surface area (Å²) in [4.78, 5) is 2.83. The van der Waals surface area contributed by atoms with Gasteiger partial charge in [0.1, 0.15) is 0 Å². The van der Waals surface area contributed by atoms with Gasteiger partial charge in [0.2, 0.25) is 0 Å². The van der Waals surface area contributed by atoms with E-state index in [4.69, 9.17) is 0 Å². The largest absolute Gasteiger partial charge is 0.317 e. The SMILES string of the molecule is CNC1CCN(C2CCC(C)CC2C)C(C)C1C. The summed E-state index contributed by atoms with van der Waals surface area (Å²) in [6.07, 6.45) is 5.60. The van der Waals surface area contributed by atoms with E-state index in [1.807, 2.05) is 0 Å². The molecule has 0 aromatic heterocycles. The highest BCUT2D eigenvalue weighted by Gasteiger charge is 2.38. The third-order valence-corrected chi connectivity index (χ3v) is 5.80. The Hall–Kier alpha value is -0.0800. The van der Waals surface area contributed by atoms with Gasteiger partial charge in [-0.3, -0.25) is 4.90 Å². The summed E-state index contributed by atoms with van der Waals surface area (Å²) in [6.45, 7) is 11.1. The van der Waals surface area contributed by atoms with E-state index in [1.165, 1.54) is 32.2 Å². The standard InChI is InChI=1S/C16H32N2/c1-11-6-7-16(12(2)10-11)18-9-8-15(17-5)13(3)14(18)4/h11-17H,6-10H2,1-5H3. The van der Waals surface area contributed by atoms with Crippen molar-refractivity contribution < 1.29 is 0 Å². The highest BCUT2D eigenvalue weighted by atomic mass is 15.2. The van der Waals surface area contributed by atoms with E-state index in [2.05, 4.69) is 45.0 Å². The Balaban J connectivity index is 2.01. The summed E-state index contributed by atoms with van der Waals surface area (Å²) in [5.74, 6) is 2.60. The first-order valence-electron chi connectivity index (χ1n) is 7.97. The van der Waals surface area contributed by atoms with Crippen molar-refractivity contribution in [1.82, 2.24) is 10.2 Å². The molecule has 1 saturated carbocycles. The lowest BCUT2D eigenvalue weighted by Crippen LogP contribution is -2.57. The molecule has 106 valence electrons. The fourth-order valence-electron chi connectivity index (χ4n) is 4.41. The minimum Gasteiger partial charge on any atom is -0.317 e. The molecule has 6 unspecified atom stereocenters. The molecule has 2 aliphatic rings. The Kier molecular flexibility index (Phi) is 4.71. The van der Waals surface area contributed by atoms with Gasteiger partial charge in [0.05, 0.1) is 0 Å². The minimum atomic E-state index is 0.717. The molecule has 18 heavy (non-hydrogen) atoms. The molecule has 1 aliphatic carbocycles. The van der Waals surface area contributed by atoms with Crippen LogP contribution >= 0.6 is 0 Å². The van der Waals surface area contributed by atoms with E-state index in [9.17, 15) is 0 Å². The van der Waals surface area contributed by atoms with Crippen LogP contribution in [0.5, 0.6) is 0 Å². The summed E-state index contributed by atoms with van der Waals surface area (Å²) < 4.78 is 0. The maximum absolute atomic E-state index is 3.50. The maximum Gasteiger partial charge on any atom is 0.0124 e. The average Bonchev–Trinajstić information content (AvgIpc) is 2.34. The van der Waals surface area contributed by atoms with Crippen molar-refractivity contribution in [2.45, 2.75) is 71.5 Å². The molecule has 1 N–H and O–H groups in total. The monoisotopic (exact) mass is 252 g/mol. The van der Waals surface area contributed by atoms with Crippen LogP contribution in [0.15, 0.2) is 0 Å². The van der Waals surface area contributed by atoms with Gasteiger partial charge in [0.25, 0.3) is 0 Å². The zero-order valence-electron chi connectivity index (χ0n) is 12.9. The second-order valence-electron chi connectivity index (χ2n) is 6.98. The number of nitrogens with zero attached hydrogens (tertiary/aromatic N) is 1. The molecule has 2 rings (SSSR count). The number of hydrogen-bond donors (Lipinski definition) is 1. The van der Waals surface area contributed by atoms with Crippen LogP contribution in [0.4, 0.5) is 0 Å². The molecule has 0 amide bonds. The van der Waals surface area contributed by atoms with Crippen LogP contribution in [0.3, 0.4) is 0 Å². The molecule has 0 spiro atoms. The summed E-state index contributed by atoms with van der Waals surface area (Å²) in [5.41, 5.74) is 0. The lowest BCUT2D eigenvalue weighted by molar-refractivity contribution is 0.00496. The number of nitrogens with one attached hydrogen (secondary N) is 1. The Bertz CT molecular complexity index is 266. The molecule has 0 bridgehead atoms. The molecule has 2 heteroatoms. The molecular weight excluding hydrogens is 220 g/mol. The molecule has 2 nitrogen and oxygen atoms in total. The predicted octanol–water partition coefficient (Wildman–Crippen LogP) is 3.13. The summed E-state index contributed by atoms with van der Waals surface area (Å²) >= 11 is 0. The molecule has 0 aromatic rings. The molecule has 0 radical (unpaired) electrons. The van der Waals surface area contributed by atoms with E-state index in [0.717, 1.165) is 29.8 Å². The van der Waals surface area contributed by atoms with E-state index in [0.29, 0.717) is 6.04 Å². The van der Waals surface area contributed by atoms with Gasteiger partial charge in [-0.05, 0) is 57.4 Å². The lowest BCUT2D eigenvalue weighted by Gasteiger charge is -2.50. The number of likely N-dealkylation sites (tertiary alicyclic amines) is 1. The highest BCUT2D eigenvalue weighted by molar-refractivity contribution is 4.93. The fraction of sp³-hybridized carbons (Fsp3) is 1.00. The highest BCUT2D eigenvalue weighted by Crippen LogP contribution is 2.36. The lowest BCUT2D eigenvalue weighted by atomic mass is 9.76. The molecule has 1 heterocycles. The van der Waals surface area contributed by atoms with E-state index < -0.39 is 0 Å². The topological polar surface area (TPSA) is 15.3 Å². The minimum absolute atomic E-state index is 0.717. The number of hydrogen-bond acceptors (Lipinski definition) is 2. The maximum atomic E-state index is 3.50. The van der Waals surface area contributed by atoms with Gasteiger partial charge >= 0.3 is 0 Å². The van der Waals surface area contributed by atoms with Crippen LogP contribution in [0.2, 0.25) is 0 Å². The van der Waals surface area contributed by atoms with Crippen LogP contribution in [0, 0.1) is 17.8 Å². The summed E-state index contributed by atoms with van der Waals surface area (Å²) in [7, 11) is 2.12. The van der Waals surface area contributed by atoms with Crippen LogP contribution in [-0.4, -0.2) is 36.6 Å². The van der Waals surface area contributed by atoms with Gasteiger partial charge in [-0.1, -0.05) is 20.8 Å². The van der Waals surface area contributed by atoms with Crippen molar-refractivity contribution in [2.24, 2.45) is 17.8 Å². The van der Waals surface area contributed by atoms with Crippen LogP contribution in [0.1, 0.15) is 53.4 Å². The van der Waals surface area contributed by atoms with E-state index in [1.54, 1.807) is 0 Å². The van der Waals surface area contributed by atoms with Crippen molar-refractivity contribution in [3.63, 3.8) is 0 Å². The average molecular weight is 252 g/mol. The van der Waals surface area contributed by atoms with Crippen molar-refractivity contribution in [3.05, 3.63) is 0 Å². The van der Waals surface area contributed by atoms with Crippen molar-refractivity contribution in [3.8, 4) is 0 Å². The zero-order valence-corrected chi connectivity index (χ0v) is 12.9. The smallest absolute Gasteiger partial charge is 0.0124 e. The molecule has 6 atom stereocenters. The van der Waals surface area contributed by atoms with Gasteiger partial charge in [0, 0.05) is 24.7 Å². The van der Waals surface area contributed by atoms with Gasteiger partial charge in [-0.25, -0.2) is 0 Å². The Morgan fingerprint density at radius 1 is 1.00 bits per heavy atom. The normalized spacial score (nSPS) is 47.2. The van der Waals surface area contributed by atoms with Crippen LogP contribution < -0.4 is 5.32 Å². The molecule has 1 saturated heterocycles. The first kappa shape index (κ1) is 14.3. The van der Waals surface area contributed by atoms with Crippen molar-refractivity contribution >= 4 is 0 Å². The Morgan fingerprint density at radius 3 is 2.33 bits per heavy atom. The van der Waals surface area contributed by atoms with E-state index >= 15 is 0 Å². The second kappa shape index (κ2) is 5.92. The molecule has 1 aliphatic heterocycles. The van der Waals surface area contributed by atoms with Gasteiger partial charge < -0.3 is 5.32 Å². The van der Waals surface area contributed by atoms with Crippen molar-refractivity contribution in [2.75, 3.05) is 13.6 Å². The summed E-state index contributed by atoms with van der Waals surface area (Å²) in [6, 6.07) is 2.29. The van der Waals surface area contributed by atoms with Crippen molar-refractivity contribution in [1.29, 1.82) is 0 Å². The Labute approximate surface area is 114 Å². The second-order valence-corrected chi connectivity index (χ2v) is 6.98. The predicted molar refractivity (Wildman–Crippen MR) is 78.8 cm³/mol. The van der Waals surface area contributed by atoms with Crippen LogP contribution in [0.25, 0.3) is 0 Å². The fourth-order valence-corrected chi connectivity index (χ4v) is 4.41. The first-order chi connectivity index (χ1) is 8.54. The van der Waals surface area contributed by atoms with Crippen LogP contribution in [-0.2, 0) is 0 Å². The quantitative estimate of drug-likeness (QED) is 0.812. The number of rotatable bonds is 2. The molecule has 2 fully saturated rings. The zero-order chi connectivity index (χ0) is 13.3. The van der Waals surface area contributed by atoms with Gasteiger partial charge in [-0.15, -0.1) is 0 Å². The Morgan fingerprint density at radius 2 is 1.72 bits per heavy atom. The molecular formula is C16H32N2.